The van der Waals surface area contributed by atoms with Crippen molar-refractivity contribution < 1.29 is 43.8 Å². The van der Waals surface area contributed by atoms with Crippen LogP contribution in [0.1, 0.15) is 122 Å². The van der Waals surface area contributed by atoms with E-state index < -0.39 is 81.5 Å². The standard InChI is InChI=1S/C32H55N3O9/c1-27(2)13-19(14-28(3,4)33(27)39)41-24(36)22(25(37)42-20-15-29(5,6)34(40)30(7,8)16-20)23-26(38)43-21-17-31(9,10)35(44-23)32(11,12)18-21/h19-23,39-40H,13-18H2,1-12H3. The second-order valence-electron chi connectivity index (χ2n) is 17.2. The summed E-state index contributed by atoms with van der Waals surface area (Å²) in [6, 6.07) is 0. The third-order valence-corrected chi connectivity index (χ3v) is 9.87. The molecule has 1 atom stereocenters. The number of hydroxylamine groups is 6. The molecule has 0 amide bonds. The Morgan fingerprint density at radius 2 is 1.00 bits per heavy atom. The summed E-state index contributed by atoms with van der Waals surface area (Å²) in [4.78, 5) is 48.3. The van der Waals surface area contributed by atoms with Crippen molar-refractivity contribution in [2.24, 2.45) is 5.92 Å². The van der Waals surface area contributed by atoms with Gasteiger partial charge < -0.3 is 24.6 Å². The normalized spacial score (nSPS) is 33.2. The quantitative estimate of drug-likeness (QED) is 0.255. The van der Waals surface area contributed by atoms with Gasteiger partial charge in [-0.25, -0.2) is 4.79 Å². The van der Waals surface area contributed by atoms with Gasteiger partial charge >= 0.3 is 17.9 Å². The summed E-state index contributed by atoms with van der Waals surface area (Å²) >= 11 is 0. The van der Waals surface area contributed by atoms with E-state index in [4.69, 9.17) is 19.0 Å². The van der Waals surface area contributed by atoms with E-state index in [1.54, 1.807) is 5.06 Å². The summed E-state index contributed by atoms with van der Waals surface area (Å²) in [5, 5.41) is 25.8. The molecule has 5 aliphatic heterocycles. The largest absolute Gasteiger partial charge is 0.461 e. The molecule has 5 heterocycles. The lowest BCUT2D eigenvalue weighted by Gasteiger charge is -2.56. The number of rotatable bonds is 5. The third kappa shape index (κ3) is 6.66. The van der Waals surface area contributed by atoms with E-state index in [0.717, 1.165) is 0 Å². The van der Waals surface area contributed by atoms with Gasteiger partial charge in [0.1, 0.15) is 18.3 Å². The van der Waals surface area contributed by atoms with Crippen molar-refractivity contribution in [1.82, 2.24) is 15.2 Å². The zero-order valence-corrected chi connectivity index (χ0v) is 28.7. The second-order valence-corrected chi connectivity index (χ2v) is 17.2. The molecule has 0 aliphatic carbocycles. The molecule has 252 valence electrons. The predicted octanol–water partition coefficient (Wildman–Crippen LogP) is 4.39. The number of ether oxygens (including phenoxy) is 3. The number of esters is 3. The Morgan fingerprint density at radius 3 is 1.34 bits per heavy atom. The summed E-state index contributed by atoms with van der Waals surface area (Å²) in [6.07, 6.45) is -1.05. The Labute approximate surface area is 262 Å². The molecule has 0 saturated carbocycles. The Bertz CT molecular complexity index is 1040. The molecule has 44 heavy (non-hydrogen) atoms. The van der Waals surface area contributed by atoms with Gasteiger partial charge in [0.25, 0.3) is 0 Å². The highest BCUT2D eigenvalue weighted by Gasteiger charge is 2.57. The van der Waals surface area contributed by atoms with Crippen LogP contribution in [0.5, 0.6) is 0 Å². The summed E-state index contributed by atoms with van der Waals surface area (Å²) in [5.41, 5.74) is -3.99. The minimum Gasteiger partial charge on any atom is -0.461 e. The van der Waals surface area contributed by atoms with Gasteiger partial charge in [0.15, 0.2) is 5.92 Å². The maximum absolute atomic E-state index is 14.1. The van der Waals surface area contributed by atoms with E-state index in [0.29, 0.717) is 38.5 Å². The molecule has 5 rings (SSSR count). The molecule has 5 fully saturated rings. The van der Waals surface area contributed by atoms with Crippen molar-refractivity contribution in [2.75, 3.05) is 0 Å². The van der Waals surface area contributed by atoms with Crippen LogP contribution in [0.25, 0.3) is 0 Å². The van der Waals surface area contributed by atoms with Crippen molar-refractivity contribution in [1.29, 1.82) is 0 Å². The van der Waals surface area contributed by atoms with E-state index >= 15 is 0 Å². The number of carbonyl (C=O) groups is 3. The van der Waals surface area contributed by atoms with Gasteiger partial charge in [-0.2, -0.15) is 15.2 Å². The maximum atomic E-state index is 14.1. The van der Waals surface area contributed by atoms with Crippen LogP contribution >= 0.6 is 0 Å². The average molecular weight is 626 g/mol. The summed E-state index contributed by atoms with van der Waals surface area (Å²) in [6.45, 7) is 22.7. The Balaban J connectivity index is 1.68. The fourth-order valence-electron chi connectivity index (χ4n) is 8.47. The van der Waals surface area contributed by atoms with Gasteiger partial charge in [-0.05, 0) is 83.1 Å². The van der Waals surface area contributed by atoms with Crippen LogP contribution in [0.3, 0.4) is 0 Å². The van der Waals surface area contributed by atoms with Crippen molar-refractivity contribution >= 4 is 17.9 Å². The highest BCUT2D eigenvalue weighted by Crippen LogP contribution is 2.44. The number of hydrogen-bond acceptors (Lipinski definition) is 12. The zero-order chi connectivity index (χ0) is 33.4. The molecule has 2 bridgehead atoms. The number of hydrogen-bond donors (Lipinski definition) is 2. The van der Waals surface area contributed by atoms with E-state index in [2.05, 4.69) is 0 Å². The lowest BCUT2D eigenvalue weighted by atomic mass is 9.79. The van der Waals surface area contributed by atoms with Crippen molar-refractivity contribution in [3.05, 3.63) is 0 Å². The first-order valence-corrected chi connectivity index (χ1v) is 15.9. The van der Waals surface area contributed by atoms with Crippen LogP contribution in [-0.2, 0) is 33.4 Å². The van der Waals surface area contributed by atoms with Crippen LogP contribution < -0.4 is 0 Å². The van der Waals surface area contributed by atoms with Crippen molar-refractivity contribution in [3.8, 4) is 0 Å². The molecule has 0 radical (unpaired) electrons. The van der Waals surface area contributed by atoms with Gasteiger partial charge in [0.05, 0.1) is 0 Å². The number of carbonyl (C=O) groups excluding carboxylic acids is 3. The third-order valence-electron chi connectivity index (χ3n) is 9.87. The Hall–Kier alpha value is -1.83. The average Bonchev–Trinajstić information content (AvgIpc) is 2.80. The zero-order valence-electron chi connectivity index (χ0n) is 28.7. The minimum absolute atomic E-state index is 0.308. The fraction of sp³-hybridized carbons (Fsp3) is 0.906. The van der Waals surface area contributed by atoms with Crippen LogP contribution in [0.15, 0.2) is 0 Å². The fourth-order valence-corrected chi connectivity index (χ4v) is 8.47. The van der Waals surface area contributed by atoms with Crippen molar-refractivity contribution in [2.45, 2.75) is 179 Å². The van der Waals surface area contributed by atoms with Crippen LogP contribution in [0.4, 0.5) is 0 Å². The first-order valence-electron chi connectivity index (χ1n) is 15.9. The lowest BCUT2D eigenvalue weighted by molar-refractivity contribution is -0.333. The lowest BCUT2D eigenvalue weighted by Crippen LogP contribution is -2.67. The number of fused-ring (bicyclic) bond motifs is 5. The molecule has 5 saturated heterocycles. The molecule has 2 N–H and O–H groups in total. The first-order chi connectivity index (χ1) is 19.8. The summed E-state index contributed by atoms with van der Waals surface area (Å²) in [5.74, 6) is -4.45. The number of piperidine rings is 3. The molecule has 0 aromatic rings. The molecular weight excluding hydrogens is 570 g/mol. The predicted molar refractivity (Wildman–Crippen MR) is 159 cm³/mol. The molecular formula is C32H55N3O9. The van der Waals surface area contributed by atoms with Crippen LogP contribution in [-0.4, -0.2) is 101 Å². The van der Waals surface area contributed by atoms with E-state index in [9.17, 15) is 24.8 Å². The van der Waals surface area contributed by atoms with Gasteiger partial charge in [-0.15, -0.1) is 0 Å². The SMILES string of the molecule is CC1(C)CC(OC(=O)C(C(=O)OC2CC(C)(C)N(O)C(C)(C)C2)C2ON3C(C)(C)CC(CC3(C)C)OC2=O)CC(C)(C)N1O. The van der Waals surface area contributed by atoms with Crippen LogP contribution in [0.2, 0.25) is 0 Å². The molecule has 1 unspecified atom stereocenters. The summed E-state index contributed by atoms with van der Waals surface area (Å²) in [7, 11) is 0. The summed E-state index contributed by atoms with van der Waals surface area (Å²) < 4.78 is 17.9. The monoisotopic (exact) mass is 625 g/mol. The van der Waals surface area contributed by atoms with E-state index in [-0.39, 0.29) is 0 Å². The van der Waals surface area contributed by atoms with Gasteiger partial charge in [0, 0.05) is 71.8 Å². The second kappa shape index (κ2) is 11.2. The highest BCUT2D eigenvalue weighted by molar-refractivity contribution is 6.00. The Morgan fingerprint density at radius 1 is 0.659 bits per heavy atom. The topological polar surface area (TPSA) is 138 Å². The van der Waals surface area contributed by atoms with E-state index in [1.165, 1.54) is 10.1 Å². The molecule has 12 nitrogen and oxygen atoms in total. The molecule has 5 aliphatic rings. The van der Waals surface area contributed by atoms with E-state index in [1.807, 2.05) is 83.1 Å². The van der Waals surface area contributed by atoms with Gasteiger partial charge in [0.2, 0.25) is 6.10 Å². The molecule has 0 aromatic heterocycles. The number of nitrogens with zero attached hydrogens (tertiary/aromatic N) is 3. The van der Waals surface area contributed by atoms with Gasteiger partial charge in [-0.1, -0.05) is 0 Å². The minimum atomic E-state index is -1.76. The molecule has 0 spiro atoms. The highest BCUT2D eigenvalue weighted by atomic mass is 16.7. The van der Waals surface area contributed by atoms with Crippen molar-refractivity contribution in [3.63, 3.8) is 0 Å². The molecule has 12 heteroatoms. The smallest absolute Gasteiger partial charge is 0.339 e. The van der Waals surface area contributed by atoms with Gasteiger partial charge in [-0.3, -0.25) is 14.4 Å². The van der Waals surface area contributed by atoms with Crippen LogP contribution in [0, 0.1) is 5.92 Å². The Kier molecular flexibility index (Phi) is 8.88. The maximum Gasteiger partial charge on any atom is 0.339 e. The molecule has 0 aromatic carbocycles. The first kappa shape index (κ1) is 35.0.